The number of hydrogen-bond acceptors (Lipinski definition) is 1. The zero-order valence-corrected chi connectivity index (χ0v) is 12.6. The van der Waals surface area contributed by atoms with Crippen molar-refractivity contribution >= 4 is 5.69 Å². The zero-order valence-electron chi connectivity index (χ0n) is 12.6. The normalized spacial score (nSPS) is 18.2. The summed E-state index contributed by atoms with van der Waals surface area (Å²) in [6.07, 6.45) is 1.17. The number of hydrogen-bond donors (Lipinski definition) is 1. The lowest BCUT2D eigenvalue weighted by Gasteiger charge is -2.32. The van der Waals surface area contributed by atoms with Crippen molar-refractivity contribution in [3.63, 3.8) is 0 Å². The predicted molar refractivity (Wildman–Crippen MR) is 86.5 cm³/mol. The van der Waals surface area contributed by atoms with E-state index in [0.29, 0.717) is 5.92 Å². The van der Waals surface area contributed by atoms with E-state index in [1.807, 2.05) is 0 Å². The van der Waals surface area contributed by atoms with Crippen molar-refractivity contribution in [2.45, 2.75) is 38.5 Å². The van der Waals surface area contributed by atoms with Gasteiger partial charge in [-0.1, -0.05) is 63.2 Å². The maximum absolute atomic E-state index is 3.52. The molecule has 1 nitrogen and oxygen atoms in total. The molecule has 20 heavy (non-hydrogen) atoms. The Morgan fingerprint density at radius 2 is 1.55 bits per heavy atom. The Morgan fingerprint density at radius 1 is 0.900 bits per heavy atom. The van der Waals surface area contributed by atoms with Gasteiger partial charge in [0, 0.05) is 18.2 Å². The highest BCUT2D eigenvalue weighted by atomic mass is 14.9. The van der Waals surface area contributed by atoms with Crippen molar-refractivity contribution in [2.24, 2.45) is 0 Å². The topological polar surface area (TPSA) is 12.0 Å². The van der Waals surface area contributed by atoms with Crippen LogP contribution in [0.5, 0.6) is 0 Å². The van der Waals surface area contributed by atoms with Crippen LogP contribution in [-0.4, -0.2) is 6.54 Å². The Kier molecular flexibility index (Phi) is 3.29. The van der Waals surface area contributed by atoms with Gasteiger partial charge in [-0.05, 0) is 34.6 Å². The van der Waals surface area contributed by atoms with Gasteiger partial charge >= 0.3 is 0 Å². The minimum atomic E-state index is 0.191. The minimum Gasteiger partial charge on any atom is -0.385 e. The first-order chi connectivity index (χ1) is 9.57. The first-order valence-electron chi connectivity index (χ1n) is 7.49. The summed E-state index contributed by atoms with van der Waals surface area (Å²) < 4.78 is 0. The SMILES string of the molecule is CC(C)(C)c1ccccc1C1CCNc2ccccc21. The quantitative estimate of drug-likeness (QED) is 0.770. The Morgan fingerprint density at radius 3 is 2.30 bits per heavy atom. The van der Waals surface area contributed by atoms with E-state index in [2.05, 4.69) is 74.6 Å². The van der Waals surface area contributed by atoms with Crippen LogP contribution in [0.3, 0.4) is 0 Å². The van der Waals surface area contributed by atoms with E-state index in [9.17, 15) is 0 Å². The van der Waals surface area contributed by atoms with E-state index in [-0.39, 0.29) is 5.41 Å². The van der Waals surface area contributed by atoms with E-state index < -0.39 is 0 Å². The molecular weight excluding hydrogens is 242 g/mol. The van der Waals surface area contributed by atoms with Gasteiger partial charge in [-0.3, -0.25) is 0 Å². The molecule has 1 unspecified atom stereocenters. The average molecular weight is 265 g/mol. The highest BCUT2D eigenvalue weighted by Gasteiger charge is 2.26. The van der Waals surface area contributed by atoms with E-state index in [0.717, 1.165) is 6.54 Å². The third-order valence-electron chi connectivity index (χ3n) is 4.23. The van der Waals surface area contributed by atoms with Crippen molar-refractivity contribution in [2.75, 3.05) is 11.9 Å². The molecule has 2 aromatic carbocycles. The summed E-state index contributed by atoms with van der Waals surface area (Å²) in [7, 11) is 0. The molecule has 1 N–H and O–H groups in total. The second kappa shape index (κ2) is 4.97. The summed E-state index contributed by atoms with van der Waals surface area (Å²) in [6, 6.07) is 17.7. The number of anilines is 1. The molecule has 1 atom stereocenters. The van der Waals surface area contributed by atoms with Crippen molar-refractivity contribution in [1.82, 2.24) is 0 Å². The summed E-state index contributed by atoms with van der Waals surface area (Å²) >= 11 is 0. The van der Waals surface area contributed by atoms with E-state index in [1.54, 1.807) is 0 Å². The molecule has 2 aromatic rings. The molecule has 0 bridgehead atoms. The van der Waals surface area contributed by atoms with Gasteiger partial charge in [-0.25, -0.2) is 0 Å². The molecule has 3 rings (SSSR count). The third kappa shape index (κ3) is 2.33. The smallest absolute Gasteiger partial charge is 0.0379 e. The Labute approximate surface area is 122 Å². The summed E-state index contributed by atoms with van der Waals surface area (Å²) in [5, 5.41) is 3.52. The second-order valence-corrected chi connectivity index (χ2v) is 6.69. The monoisotopic (exact) mass is 265 g/mol. The molecule has 1 aliphatic heterocycles. The number of fused-ring (bicyclic) bond motifs is 1. The van der Waals surface area contributed by atoms with Crippen LogP contribution in [0.25, 0.3) is 0 Å². The van der Waals surface area contributed by atoms with Gasteiger partial charge < -0.3 is 5.32 Å². The van der Waals surface area contributed by atoms with E-state index in [1.165, 1.54) is 28.8 Å². The Hall–Kier alpha value is -1.76. The second-order valence-electron chi connectivity index (χ2n) is 6.69. The van der Waals surface area contributed by atoms with Gasteiger partial charge in [0.05, 0.1) is 0 Å². The lowest BCUT2D eigenvalue weighted by molar-refractivity contribution is 0.571. The summed E-state index contributed by atoms with van der Waals surface area (Å²) in [6.45, 7) is 7.97. The number of para-hydroxylation sites is 1. The molecule has 104 valence electrons. The van der Waals surface area contributed by atoms with E-state index in [4.69, 9.17) is 0 Å². The van der Waals surface area contributed by atoms with Crippen LogP contribution in [0.4, 0.5) is 5.69 Å². The van der Waals surface area contributed by atoms with Crippen molar-refractivity contribution in [3.8, 4) is 0 Å². The Balaban J connectivity index is 2.12. The molecule has 0 spiro atoms. The fraction of sp³-hybridized carbons (Fsp3) is 0.368. The maximum atomic E-state index is 3.52. The van der Waals surface area contributed by atoms with Crippen molar-refractivity contribution < 1.29 is 0 Å². The van der Waals surface area contributed by atoms with Crippen LogP contribution in [0.15, 0.2) is 48.5 Å². The standard InChI is InChI=1S/C19H23N/c1-19(2,3)17-10-6-4-8-15(17)14-12-13-20-18-11-7-5-9-16(14)18/h4-11,14,20H,12-13H2,1-3H3. The van der Waals surface area contributed by atoms with E-state index >= 15 is 0 Å². The van der Waals surface area contributed by atoms with Crippen LogP contribution >= 0.6 is 0 Å². The lowest BCUT2D eigenvalue weighted by Crippen LogP contribution is -2.21. The van der Waals surface area contributed by atoms with Crippen LogP contribution < -0.4 is 5.32 Å². The fourth-order valence-corrected chi connectivity index (χ4v) is 3.28. The molecule has 0 radical (unpaired) electrons. The number of nitrogens with one attached hydrogen (secondary N) is 1. The molecule has 0 saturated heterocycles. The van der Waals surface area contributed by atoms with Crippen LogP contribution in [-0.2, 0) is 5.41 Å². The highest BCUT2D eigenvalue weighted by Crippen LogP contribution is 2.40. The molecule has 0 saturated carbocycles. The summed E-state index contributed by atoms with van der Waals surface area (Å²) in [5.74, 6) is 0.517. The highest BCUT2D eigenvalue weighted by molar-refractivity contribution is 5.58. The van der Waals surface area contributed by atoms with Gasteiger partial charge in [0.15, 0.2) is 0 Å². The minimum absolute atomic E-state index is 0.191. The zero-order chi connectivity index (χ0) is 14.2. The number of benzene rings is 2. The van der Waals surface area contributed by atoms with Gasteiger partial charge in [0.1, 0.15) is 0 Å². The van der Waals surface area contributed by atoms with Gasteiger partial charge in [0.2, 0.25) is 0 Å². The number of rotatable bonds is 1. The van der Waals surface area contributed by atoms with Gasteiger partial charge in [-0.15, -0.1) is 0 Å². The maximum Gasteiger partial charge on any atom is 0.0379 e. The van der Waals surface area contributed by atoms with Crippen molar-refractivity contribution in [1.29, 1.82) is 0 Å². The van der Waals surface area contributed by atoms with Gasteiger partial charge in [-0.2, -0.15) is 0 Å². The third-order valence-corrected chi connectivity index (χ3v) is 4.23. The largest absolute Gasteiger partial charge is 0.385 e. The Bertz CT molecular complexity index is 607. The average Bonchev–Trinajstić information content (AvgIpc) is 2.46. The molecule has 1 heterocycles. The fourth-order valence-electron chi connectivity index (χ4n) is 3.28. The van der Waals surface area contributed by atoms with Crippen LogP contribution in [0, 0.1) is 0 Å². The molecule has 0 aliphatic carbocycles. The molecule has 0 fully saturated rings. The lowest BCUT2D eigenvalue weighted by atomic mass is 9.76. The molecular formula is C19H23N. The summed E-state index contributed by atoms with van der Waals surface area (Å²) in [5.41, 5.74) is 5.90. The molecule has 1 heteroatoms. The van der Waals surface area contributed by atoms with Gasteiger partial charge in [0.25, 0.3) is 0 Å². The molecule has 0 aromatic heterocycles. The van der Waals surface area contributed by atoms with Crippen LogP contribution in [0.1, 0.15) is 49.8 Å². The molecule has 1 aliphatic rings. The van der Waals surface area contributed by atoms with Crippen LogP contribution in [0.2, 0.25) is 0 Å². The first kappa shape index (κ1) is 13.2. The van der Waals surface area contributed by atoms with Crippen molar-refractivity contribution in [3.05, 3.63) is 65.2 Å². The summed E-state index contributed by atoms with van der Waals surface area (Å²) in [4.78, 5) is 0. The first-order valence-corrected chi connectivity index (χ1v) is 7.49. The molecule has 0 amide bonds. The predicted octanol–water partition coefficient (Wildman–Crippen LogP) is 4.93.